The summed E-state index contributed by atoms with van der Waals surface area (Å²) in [6.45, 7) is 5.72. The summed E-state index contributed by atoms with van der Waals surface area (Å²) in [5.74, 6) is 0.268. The second-order valence-electron chi connectivity index (χ2n) is 4.31. The molecule has 2 aromatic rings. The zero-order valence-electron chi connectivity index (χ0n) is 13.9. The van der Waals surface area contributed by atoms with Gasteiger partial charge in [-0.3, -0.25) is 10.2 Å². The van der Waals surface area contributed by atoms with Gasteiger partial charge in [0.15, 0.2) is 0 Å². The number of rotatable bonds is 6. The maximum absolute atomic E-state index is 11.4. The van der Waals surface area contributed by atoms with E-state index in [2.05, 4.69) is 25.8 Å². The van der Waals surface area contributed by atoms with Crippen LogP contribution >= 0.6 is 0 Å². The van der Waals surface area contributed by atoms with E-state index in [1.165, 1.54) is 12.4 Å². The molecule has 8 heteroatoms. The van der Waals surface area contributed by atoms with E-state index in [0.717, 1.165) is 11.9 Å². The summed E-state index contributed by atoms with van der Waals surface area (Å²) in [5, 5.41) is 13.7. The normalized spacial score (nSPS) is 9.79. The second-order valence-corrected chi connectivity index (χ2v) is 4.31. The molecule has 5 N–H and O–H groups in total. The highest BCUT2D eigenvalue weighted by Crippen LogP contribution is 2.21. The number of aromatic nitrogens is 2. The van der Waals surface area contributed by atoms with Crippen LogP contribution in [0, 0.1) is 12.3 Å². The Kier molecular flexibility index (Phi) is 7.56. The quantitative estimate of drug-likeness (QED) is 0.479. The number of carbonyl (C=O) groups is 1. The molecule has 0 radical (unpaired) electrons. The first-order valence-electron chi connectivity index (χ1n) is 7.39. The molecule has 1 aromatic heterocycles. The van der Waals surface area contributed by atoms with Crippen LogP contribution in [0.4, 0.5) is 17.2 Å². The molecule has 2 rings (SSSR count). The summed E-state index contributed by atoms with van der Waals surface area (Å²) in [4.78, 5) is 19.6. The fourth-order valence-electron chi connectivity index (χ4n) is 1.70. The lowest BCUT2D eigenvalue weighted by molar-refractivity contribution is 0.100. The number of hydrogen-bond donors (Lipinski definition) is 4. The van der Waals surface area contributed by atoms with Gasteiger partial charge in [-0.15, -0.1) is 0 Å². The predicted molar refractivity (Wildman–Crippen MR) is 97.3 cm³/mol. The van der Waals surface area contributed by atoms with Crippen LogP contribution in [0.25, 0.3) is 0 Å². The van der Waals surface area contributed by atoms with Gasteiger partial charge in [-0.05, 0) is 25.1 Å². The Morgan fingerprint density at radius 3 is 2.71 bits per heavy atom. The molecule has 0 aliphatic carbocycles. The van der Waals surface area contributed by atoms with Gasteiger partial charge >= 0.3 is 0 Å². The van der Waals surface area contributed by atoms with Gasteiger partial charge in [-0.2, -0.15) is 5.10 Å². The molecule has 0 atom stereocenters. The first kappa shape index (κ1) is 18.8. The predicted octanol–water partition coefficient (Wildman–Crippen LogP) is 2.70. The topological polar surface area (TPSA) is 129 Å². The SMILES string of the molecule is CC.Cc1ncc(C(N)=O)c(Nc2cccc(N/N=C\C=N)c2)n1. The third-order valence-electron chi connectivity index (χ3n) is 2.64. The van der Waals surface area contributed by atoms with Crippen molar-refractivity contribution in [2.45, 2.75) is 20.8 Å². The van der Waals surface area contributed by atoms with Crippen molar-refractivity contribution in [3.63, 3.8) is 0 Å². The minimum absolute atomic E-state index is 0.214. The first-order valence-corrected chi connectivity index (χ1v) is 7.39. The number of benzene rings is 1. The maximum atomic E-state index is 11.4. The highest BCUT2D eigenvalue weighted by Gasteiger charge is 2.11. The van der Waals surface area contributed by atoms with Crippen molar-refractivity contribution in [2.75, 3.05) is 10.7 Å². The zero-order valence-corrected chi connectivity index (χ0v) is 13.9. The molecule has 0 aliphatic heterocycles. The lowest BCUT2D eigenvalue weighted by Gasteiger charge is -2.10. The van der Waals surface area contributed by atoms with Crippen molar-refractivity contribution in [1.82, 2.24) is 9.97 Å². The van der Waals surface area contributed by atoms with Gasteiger partial charge in [0, 0.05) is 18.1 Å². The minimum atomic E-state index is -0.604. The molecule has 1 heterocycles. The lowest BCUT2D eigenvalue weighted by atomic mass is 10.2. The van der Waals surface area contributed by atoms with Gasteiger partial charge in [0.05, 0.1) is 11.9 Å². The lowest BCUT2D eigenvalue weighted by Crippen LogP contribution is -2.15. The maximum Gasteiger partial charge on any atom is 0.254 e. The molecule has 0 fully saturated rings. The summed E-state index contributed by atoms with van der Waals surface area (Å²) in [6, 6.07) is 7.21. The number of carbonyl (C=O) groups excluding carboxylic acids is 1. The molecule has 0 bridgehead atoms. The van der Waals surface area contributed by atoms with Gasteiger partial charge in [-0.1, -0.05) is 19.9 Å². The smallest absolute Gasteiger partial charge is 0.254 e. The molecular weight excluding hydrogens is 306 g/mol. The van der Waals surface area contributed by atoms with Crippen LogP contribution in [0.3, 0.4) is 0 Å². The van der Waals surface area contributed by atoms with Gasteiger partial charge in [-0.25, -0.2) is 9.97 Å². The molecule has 1 aromatic carbocycles. The number of hydrogen-bond acceptors (Lipinski definition) is 7. The Labute approximate surface area is 140 Å². The Balaban J connectivity index is 0.00000139. The second kappa shape index (κ2) is 9.67. The summed E-state index contributed by atoms with van der Waals surface area (Å²) < 4.78 is 0. The van der Waals surface area contributed by atoms with Crippen molar-refractivity contribution in [1.29, 1.82) is 5.41 Å². The number of primary amides is 1. The van der Waals surface area contributed by atoms with Gasteiger partial charge in [0.2, 0.25) is 0 Å². The van der Waals surface area contributed by atoms with Crippen LogP contribution in [0.2, 0.25) is 0 Å². The van der Waals surface area contributed by atoms with Crippen molar-refractivity contribution >= 4 is 35.5 Å². The Morgan fingerprint density at radius 2 is 2.04 bits per heavy atom. The van der Waals surface area contributed by atoms with Crippen LogP contribution in [0.1, 0.15) is 30.0 Å². The highest BCUT2D eigenvalue weighted by atomic mass is 16.1. The fourth-order valence-corrected chi connectivity index (χ4v) is 1.70. The number of nitrogens with zero attached hydrogens (tertiary/aromatic N) is 3. The Hall–Kier alpha value is -3.29. The van der Waals surface area contributed by atoms with Crippen LogP contribution in [-0.2, 0) is 0 Å². The number of nitrogens with one attached hydrogen (secondary N) is 3. The number of aryl methyl sites for hydroxylation is 1. The van der Waals surface area contributed by atoms with Crippen molar-refractivity contribution in [3.05, 3.63) is 41.9 Å². The van der Waals surface area contributed by atoms with E-state index in [4.69, 9.17) is 11.1 Å². The van der Waals surface area contributed by atoms with E-state index in [9.17, 15) is 4.79 Å². The number of nitrogens with two attached hydrogens (primary N) is 1. The molecular formula is C16H21N7O. The Morgan fingerprint density at radius 1 is 1.33 bits per heavy atom. The molecule has 24 heavy (non-hydrogen) atoms. The standard InChI is InChI=1S/C14H15N7O.C2H6/c1-9-17-8-12(13(16)22)14(19-9)20-10-3-2-4-11(7-10)21-18-6-5-15;1-2/h2-8,15,21H,1H3,(H2,16,22)(H,17,19,20);1-2H3/b15-5?,18-6-;. The molecule has 1 amide bonds. The van der Waals surface area contributed by atoms with Crippen LogP contribution in [0.15, 0.2) is 35.6 Å². The molecule has 0 spiro atoms. The first-order chi connectivity index (χ1) is 11.6. The molecule has 126 valence electrons. The number of amides is 1. The third-order valence-corrected chi connectivity index (χ3v) is 2.64. The average Bonchev–Trinajstić information content (AvgIpc) is 2.57. The number of hydrazone groups is 1. The largest absolute Gasteiger partial charge is 0.365 e. The van der Waals surface area contributed by atoms with Gasteiger partial charge < -0.3 is 16.5 Å². The fraction of sp³-hybridized carbons (Fsp3) is 0.188. The van der Waals surface area contributed by atoms with Crippen LogP contribution in [-0.4, -0.2) is 28.3 Å². The molecule has 0 unspecified atom stereocenters. The van der Waals surface area contributed by atoms with Gasteiger partial charge in [0.1, 0.15) is 17.2 Å². The van der Waals surface area contributed by atoms with E-state index in [0.29, 0.717) is 17.3 Å². The van der Waals surface area contributed by atoms with E-state index >= 15 is 0 Å². The molecule has 0 saturated carbocycles. The van der Waals surface area contributed by atoms with E-state index < -0.39 is 5.91 Å². The van der Waals surface area contributed by atoms with Gasteiger partial charge in [0.25, 0.3) is 5.91 Å². The van der Waals surface area contributed by atoms with Crippen LogP contribution < -0.4 is 16.5 Å². The van der Waals surface area contributed by atoms with E-state index in [1.54, 1.807) is 13.0 Å². The van der Waals surface area contributed by atoms with Crippen molar-refractivity contribution in [3.8, 4) is 0 Å². The third kappa shape index (κ3) is 5.48. The number of anilines is 3. The highest BCUT2D eigenvalue weighted by molar-refractivity contribution is 6.14. The summed E-state index contributed by atoms with van der Waals surface area (Å²) in [6.07, 6.45) is 3.78. The minimum Gasteiger partial charge on any atom is -0.365 e. The van der Waals surface area contributed by atoms with E-state index in [-0.39, 0.29) is 5.56 Å². The summed E-state index contributed by atoms with van der Waals surface area (Å²) >= 11 is 0. The molecule has 8 nitrogen and oxygen atoms in total. The average molecular weight is 327 g/mol. The Bertz CT molecular complexity index is 728. The summed E-state index contributed by atoms with van der Waals surface area (Å²) in [5.41, 5.74) is 9.73. The van der Waals surface area contributed by atoms with E-state index in [1.807, 2.05) is 32.0 Å². The summed E-state index contributed by atoms with van der Waals surface area (Å²) in [7, 11) is 0. The van der Waals surface area contributed by atoms with Crippen LogP contribution in [0.5, 0.6) is 0 Å². The molecule has 0 saturated heterocycles. The van der Waals surface area contributed by atoms with Crippen molar-refractivity contribution < 1.29 is 4.79 Å². The monoisotopic (exact) mass is 327 g/mol. The molecule has 0 aliphatic rings. The zero-order chi connectivity index (χ0) is 17.9. The van der Waals surface area contributed by atoms with Crippen molar-refractivity contribution in [2.24, 2.45) is 10.8 Å².